The summed E-state index contributed by atoms with van der Waals surface area (Å²) in [5, 5.41) is 15.4. The van der Waals surface area contributed by atoms with E-state index in [1.54, 1.807) is 0 Å². The number of hydrogen-bond donors (Lipinski definition) is 2. The summed E-state index contributed by atoms with van der Waals surface area (Å²) in [5.74, 6) is -2.62. The molecule has 0 bridgehead atoms. The number of aliphatic carboxylic acids is 2. The highest BCUT2D eigenvalue weighted by atomic mass is 16.4. The van der Waals surface area contributed by atoms with Gasteiger partial charge in [0.25, 0.3) is 0 Å². The molecule has 0 saturated heterocycles. The second kappa shape index (κ2) is 7.01. The molecule has 0 radical (unpaired) electrons. The normalized spacial score (nSPS) is 8.36. The van der Waals surface area contributed by atoms with E-state index < -0.39 is 18.4 Å². The van der Waals surface area contributed by atoms with E-state index >= 15 is 0 Å². The standard InChI is InChI=1S/C3H9N.C3H4O4/c1-4(2)3;4-2(5)1-3(6)7/h1-3H3;1H2,(H,4,5)(H,6,7). The largest absolute Gasteiger partial charge is 0.481 e. The van der Waals surface area contributed by atoms with E-state index in [0.29, 0.717) is 0 Å². The van der Waals surface area contributed by atoms with E-state index in [1.807, 2.05) is 26.0 Å². The fourth-order valence-electron chi connectivity index (χ4n) is 0.129. The second-order valence-corrected chi connectivity index (χ2v) is 2.31. The highest BCUT2D eigenvalue weighted by Gasteiger charge is 2.01. The lowest BCUT2D eigenvalue weighted by molar-refractivity contribution is -0.147. The maximum Gasteiger partial charge on any atom is 0.314 e. The number of rotatable bonds is 2. The van der Waals surface area contributed by atoms with Gasteiger partial charge in [0, 0.05) is 0 Å². The minimum absolute atomic E-state index is 0.806. The second-order valence-electron chi connectivity index (χ2n) is 2.31. The van der Waals surface area contributed by atoms with E-state index in [0.717, 1.165) is 0 Å². The SMILES string of the molecule is CN(C)C.O=C(O)CC(=O)O. The maximum absolute atomic E-state index is 9.43. The molecule has 66 valence electrons. The molecule has 5 nitrogen and oxygen atoms in total. The molecule has 0 saturated carbocycles. The molecule has 5 heteroatoms. The zero-order valence-corrected chi connectivity index (χ0v) is 6.87. The molecule has 0 atom stereocenters. The van der Waals surface area contributed by atoms with Crippen molar-refractivity contribution in [2.24, 2.45) is 0 Å². The van der Waals surface area contributed by atoms with Crippen LogP contribution in [0.25, 0.3) is 0 Å². The molecular formula is C6H13NO4. The van der Waals surface area contributed by atoms with E-state index in [2.05, 4.69) is 0 Å². The highest BCUT2D eigenvalue weighted by molar-refractivity contribution is 5.88. The molecule has 0 rings (SSSR count). The van der Waals surface area contributed by atoms with Crippen LogP contribution < -0.4 is 0 Å². The summed E-state index contributed by atoms with van der Waals surface area (Å²) in [7, 11) is 6.00. The summed E-state index contributed by atoms with van der Waals surface area (Å²) in [5.41, 5.74) is 0. The topological polar surface area (TPSA) is 77.8 Å². The number of carboxylic acids is 2. The van der Waals surface area contributed by atoms with Gasteiger partial charge in [0.2, 0.25) is 0 Å². The predicted molar refractivity (Wildman–Crippen MR) is 39.5 cm³/mol. The van der Waals surface area contributed by atoms with Crippen LogP contribution in [0.1, 0.15) is 6.42 Å². The number of hydrogen-bond acceptors (Lipinski definition) is 3. The predicted octanol–water partition coefficient (Wildman–Crippen LogP) is -0.277. The molecule has 0 aliphatic carbocycles. The van der Waals surface area contributed by atoms with Gasteiger partial charge in [0.05, 0.1) is 0 Å². The Labute approximate surface area is 65.2 Å². The molecule has 0 amide bonds. The van der Waals surface area contributed by atoms with E-state index in [9.17, 15) is 9.59 Å². The molecule has 0 aliphatic rings. The first kappa shape index (κ1) is 12.6. The van der Waals surface area contributed by atoms with Gasteiger partial charge in [-0.1, -0.05) is 0 Å². The monoisotopic (exact) mass is 163 g/mol. The molecule has 0 heterocycles. The van der Waals surface area contributed by atoms with Crippen molar-refractivity contribution in [3.8, 4) is 0 Å². The Kier molecular flexibility index (Phi) is 8.01. The minimum Gasteiger partial charge on any atom is -0.481 e. The summed E-state index contributed by atoms with van der Waals surface area (Å²) in [6.07, 6.45) is -0.806. The summed E-state index contributed by atoms with van der Waals surface area (Å²) >= 11 is 0. The van der Waals surface area contributed by atoms with Gasteiger partial charge in [-0.3, -0.25) is 9.59 Å². The first-order valence-corrected chi connectivity index (χ1v) is 2.90. The Morgan fingerprint density at radius 3 is 1.27 bits per heavy atom. The smallest absolute Gasteiger partial charge is 0.314 e. The highest BCUT2D eigenvalue weighted by Crippen LogP contribution is 1.74. The molecule has 11 heavy (non-hydrogen) atoms. The zero-order chi connectivity index (χ0) is 9.44. The van der Waals surface area contributed by atoms with E-state index in [1.165, 1.54) is 0 Å². The summed E-state index contributed by atoms with van der Waals surface area (Å²) in [4.78, 5) is 20.9. The first-order chi connectivity index (χ1) is 4.86. The summed E-state index contributed by atoms with van der Waals surface area (Å²) in [6, 6.07) is 0. The van der Waals surface area contributed by atoms with Gasteiger partial charge in [-0.05, 0) is 21.1 Å². The van der Waals surface area contributed by atoms with Crippen molar-refractivity contribution in [2.75, 3.05) is 21.1 Å². The van der Waals surface area contributed by atoms with Crippen molar-refractivity contribution in [3.63, 3.8) is 0 Å². The van der Waals surface area contributed by atoms with Crippen molar-refractivity contribution >= 4 is 11.9 Å². The van der Waals surface area contributed by atoms with Crippen LogP contribution in [-0.4, -0.2) is 48.2 Å². The average molecular weight is 163 g/mol. The Hall–Kier alpha value is -1.10. The van der Waals surface area contributed by atoms with Crippen LogP contribution in [0, 0.1) is 0 Å². The number of carbonyl (C=O) groups is 2. The van der Waals surface area contributed by atoms with Crippen LogP contribution >= 0.6 is 0 Å². The Morgan fingerprint density at radius 1 is 1.09 bits per heavy atom. The van der Waals surface area contributed by atoms with Gasteiger partial charge in [0.1, 0.15) is 6.42 Å². The molecular weight excluding hydrogens is 150 g/mol. The summed E-state index contributed by atoms with van der Waals surface area (Å²) < 4.78 is 0. The van der Waals surface area contributed by atoms with Crippen LogP contribution in [0.15, 0.2) is 0 Å². The minimum atomic E-state index is -1.31. The molecule has 0 unspecified atom stereocenters. The molecule has 2 N–H and O–H groups in total. The molecule has 0 aromatic rings. The lowest BCUT2D eigenvalue weighted by Gasteiger charge is -1.90. The Morgan fingerprint density at radius 2 is 1.27 bits per heavy atom. The quantitative estimate of drug-likeness (QED) is 0.547. The molecule has 0 fully saturated rings. The van der Waals surface area contributed by atoms with Crippen molar-refractivity contribution < 1.29 is 19.8 Å². The van der Waals surface area contributed by atoms with Crippen LogP contribution in [0.2, 0.25) is 0 Å². The first-order valence-electron chi connectivity index (χ1n) is 2.90. The molecule has 0 aromatic heterocycles. The summed E-state index contributed by atoms with van der Waals surface area (Å²) in [6.45, 7) is 0. The van der Waals surface area contributed by atoms with Gasteiger partial charge in [0.15, 0.2) is 0 Å². The Balaban J connectivity index is 0. The third-order valence-corrected chi connectivity index (χ3v) is 0.302. The van der Waals surface area contributed by atoms with Crippen LogP contribution in [0.3, 0.4) is 0 Å². The van der Waals surface area contributed by atoms with E-state index in [-0.39, 0.29) is 0 Å². The van der Waals surface area contributed by atoms with Crippen LogP contribution in [0.4, 0.5) is 0 Å². The van der Waals surface area contributed by atoms with Gasteiger partial charge in [-0.15, -0.1) is 0 Å². The number of carboxylic acid groups (broad SMARTS) is 2. The van der Waals surface area contributed by atoms with Gasteiger partial charge in [-0.2, -0.15) is 0 Å². The average Bonchev–Trinajstić information content (AvgIpc) is 1.56. The third kappa shape index (κ3) is 50.4. The van der Waals surface area contributed by atoms with Gasteiger partial charge < -0.3 is 15.1 Å². The zero-order valence-electron chi connectivity index (χ0n) is 6.87. The van der Waals surface area contributed by atoms with Gasteiger partial charge in [-0.25, -0.2) is 0 Å². The maximum atomic E-state index is 9.43. The van der Waals surface area contributed by atoms with E-state index in [4.69, 9.17) is 10.2 Å². The molecule has 0 spiro atoms. The van der Waals surface area contributed by atoms with Crippen molar-refractivity contribution in [3.05, 3.63) is 0 Å². The van der Waals surface area contributed by atoms with Crippen LogP contribution in [0.5, 0.6) is 0 Å². The lowest BCUT2D eigenvalue weighted by atomic mass is 10.5. The van der Waals surface area contributed by atoms with Crippen molar-refractivity contribution in [1.82, 2.24) is 4.90 Å². The van der Waals surface area contributed by atoms with Crippen molar-refractivity contribution in [1.29, 1.82) is 0 Å². The molecule has 0 aliphatic heterocycles. The lowest BCUT2D eigenvalue weighted by Crippen LogP contribution is -2.03. The third-order valence-electron chi connectivity index (χ3n) is 0.302. The molecule has 0 aromatic carbocycles. The van der Waals surface area contributed by atoms with Gasteiger partial charge >= 0.3 is 11.9 Å². The number of nitrogens with zero attached hydrogens (tertiary/aromatic N) is 1. The Bertz CT molecular complexity index is 118. The fourth-order valence-corrected chi connectivity index (χ4v) is 0.129. The fraction of sp³-hybridized carbons (Fsp3) is 0.667. The van der Waals surface area contributed by atoms with Crippen molar-refractivity contribution in [2.45, 2.75) is 6.42 Å². The van der Waals surface area contributed by atoms with Crippen LogP contribution in [-0.2, 0) is 9.59 Å².